The number of nitrogens with zero attached hydrogens (tertiary/aromatic N) is 2. The lowest BCUT2D eigenvalue weighted by Crippen LogP contribution is -2.52. The van der Waals surface area contributed by atoms with E-state index < -0.39 is 34.3 Å². The van der Waals surface area contributed by atoms with Gasteiger partial charge in [0.05, 0.1) is 10.6 Å². The molecule has 3 aromatic carbocycles. The van der Waals surface area contributed by atoms with Gasteiger partial charge in [0.25, 0.3) is 10.0 Å². The van der Waals surface area contributed by atoms with Crippen LogP contribution in [0.25, 0.3) is 0 Å². The fourth-order valence-electron chi connectivity index (χ4n) is 5.23. The van der Waals surface area contributed by atoms with E-state index in [0.29, 0.717) is 22.9 Å². The molecule has 2 amide bonds. The number of nitrogens with one attached hydrogen (secondary N) is 1. The molecule has 43 heavy (non-hydrogen) atoms. The number of carbonyl (C=O) groups is 2. The van der Waals surface area contributed by atoms with Gasteiger partial charge >= 0.3 is 0 Å². The van der Waals surface area contributed by atoms with Crippen LogP contribution in [0.3, 0.4) is 0 Å². The fourth-order valence-corrected chi connectivity index (χ4v) is 6.86. The Kier molecular flexibility index (Phi) is 9.41. The number of hydrogen-bond donors (Lipinski definition) is 1. The van der Waals surface area contributed by atoms with E-state index >= 15 is 0 Å². The Hall–Kier alpha value is -3.83. The Morgan fingerprint density at radius 2 is 1.67 bits per heavy atom. The fraction of sp³-hybridized carbons (Fsp3) is 0.355. The molecule has 12 heteroatoms. The highest BCUT2D eigenvalue weighted by Gasteiger charge is 2.34. The van der Waals surface area contributed by atoms with Gasteiger partial charge < -0.3 is 19.7 Å². The van der Waals surface area contributed by atoms with E-state index in [1.807, 2.05) is 0 Å². The van der Waals surface area contributed by atoms with Crippen molar-refractivity contribution in [3.8, 4) is 11.5 Å². The molecule has 1 fully saturated rings. The maximum atomic E-state index is 14.1. The first-order chi connectivity index (χ1) is 20.6. The van der Waals surface area contributed by atoms with Crippen molar-refractivity contribution in [3.63, 3.8) is 0 Å². The third-order valence-electron chi connectivity index (χ3n) is 7.66. The zero-order valence-corrected chi connectivity index (χ0v) is 25.2. The number of hydrogen-bond acceptors (Lipinski definition) is 6. The van der Waals surface area contributed by atoms with Gasteiger partial charge in [0, 0.05) is 23.7 Å². The second-order valence-corrected chi connectivity index (χ2v) is 12.8. The minimum absolute atomic E-state index is 0.0264. The van der Waals surface area contributed by atoms with E-state index in [1.54, 1.807) is 31.2 Å². The number of carbonyl (C=O) groups excluding carboxylic acids is 2. The SMILES string of the molecule is C[C@@H](C(=O)NC1CCCC1)N(Cc1ccccc1Cl)C(=O)CN(c1ccc(F)cc1)S(=O)(=O)c1ccc2c(c1)OCCO2. The first-order valence-electron chi connectivity index (χ1n) is 14.1. The molecule has 0 radical (unpaired) electrons. The third kappa shape index (κ3) is 7.05. The van der Waals surface area contributed by atoms with E-state index in [0.717, 1.165) is 42.1 Å². The molecule has 0 unspecified atom stereocenters. The normalized spacial score (nSPS) is 15.5. The number of benzene rings is 3. The molecule has 0 bridgehead atoms. The van der Waals surface area contributed by atoms with Crippen LogP contribution in [0.2, 0.25) is 5.02 Å². The highest BCUT2D eigenvalue weighted by Crippen LogP contribution is 2.34. The van der Waals surface area contributed by atoms with Crippen LogP contribution >= 0.6 is 11.6 Å². The van der Waals surface area contributed by atoms with E-state index in [4.69, 9.17) is 21.1 Å². The molecule has 0 aromatic heterocycles. The molecule has 0 spiro atoms. The number of anilines is 1. The summed E-state index contributed by atoms with van der Waals surface area (Å²) in [7, 11) is -4.37. The number of halogens is 2. The Labute approximate surface area is 255 Å². The summed E-state index contributed by atoms with van der Waals surface area (Å²) in [4.78, 5) is 28.6. The summed E-state index contributed by atoms with van der Waals surface area (Å²) < 4.78 is 54.0. The zero-order valence-electron chi connectivity index (χ0n) is 23.7. The molecule has 1 saturated carbocycles. The molecule has 1 heterocycles. The first-order valence-corrected chi connectivity index (χ1v) is 16.0. The Balaban J connectivity index is 1.49. The van der Waals surface area contributed by atoms with Crippen molar-refractivity contribution in [2.24, 2.45) is 0 Å². The van der Waals surface area contributed by atoms with Crippen molar-refractivity contribution in [2.75, 3.05) is 24.1 Å². The van der Waals surface area contributed by atoms with Gasteiger partial charge in [-0.2, -0.15) is 0 Å². The van der Waals surface area contributed by atoms with Crippen molar-refractivity contribution < 1.29 is 31.9 Å². The average molecular weight is 630 g/mol. The minimum atomic E-state index is -4.37. The summed E-state index contributed by atoms with van der Waals surface area (Å²) in [6.07, 6.45) is 3.77. The van der Waals surface area contributed by atoms with E-state index in [1.165, 1.54) is 35.2 Å². The number of sulfonamides is 1. The van der Waals surface area contributed by atoms with Crippen molar-refractivity contribution >= 4 is 39.1 Å². The molecular formula is C31H33ClFN3O6S. The van der Waals surface area contributed by atoms with Crippen molar-refractivity contribution in [1.29, 1.82) is 0 Å². The van der Waals surface area contributed by atoms with Gasteiger partial charge in [-0.25, -0.2) is 12.8 Å². The van der Waals surface area contributed by atoms with Gasteiger partial charge in [-0.05, 0) is 67.8 Å². The lowest BCUT2D eigenvalue weighted by atomic mass is 10.1. The maximum absolute atomic E-state index is 14.1. The van der Waals surface area contributed by atoms with Crippen LogP contribution in [0.15, 0.2) is 71.6 Å². The van der Waals surface area contributed by atoms with E-state index in [-0.39, 0.29) is 41.4 Å². The largest absolute Gasteiger partial charge is 0.486 e. The molecule has 0 saturated heterocycles. The summed E-state index contributed by atoms with van der Waals surface area (Å²) in [5.41, 5.74) is 0.673. The topological polar surface area (TPSA) is 105 Å². The summed E-state index contributed by atoms with van der Waals surface area (Å²) >= 11 is 6.42. The maximum Gasteiger partial charge on any atom is 0.264 e. The van der Waals surface area contributed by atoms with E-state index in [9.17, 15) is 22.4 Å². The Bertz CT molecular complexity index is 1580. The molecule has 5 rings (SSSR count). The molecular weight excluding hydrogens is 597 g/mol. The third-order valence-corrected chi connectivity index (χ3v) is 9.80. The lowest BCUT2D eigenvalue weighted by molar-refractivity contribution is -0.139. The number of amides is 2. The highest BCUT2D eigenvalue weighted by atomic mass is 35.5. The van der Waals surface area contributed by atoms with Crippen LogP contribution in [0.4, 0.5) is 10.1 Å². The minimum Gasteiger partial charge on any atom is -0.486 e. The van der Waals surface area contributed by atoms with Crippen LogP contribution in [-0.2, 0) is 26.2 Å². The first kappa shape index (κ1) is 30.6. The number of rotatable bonds is 10. The predicted molar refractivity (Wildman–Crippen MR) is 160 cm³/mol. The van der Waals surface area contributed by atoms with Crippen LogP contribution in [0.1, 0.15) is 38.2 Å². The van der Waals surface area contributed by atoms with Crippen LogP contribution < -0.4 is 19.1 Å². The average Bonchev–Trinajstić information content (AvgIpc) is 3.52. The Morgan fingerprint density at radius 3 is 2.37 bits per heavy atom. The van der Waals surface area contributed by atoms with Crippen LogP contribution in [-0.4, -0.2) is 57.0 Å². The van der Waals surface area contributed by atoms with Crippen molar-refractivity contribution in [3.05, 3.63) is 83.1 Å². The zero-order chi connectivity index (χ0) is 30.6. The second-order valence-electron chi connectivity index (χ2n) is 10.6. The van der Waals surface area contributed by atoms with Crippen LogP contribution in [0, 0.1) is 5.82 Å². The molecule has 228 valence electrons. The lowest BCUT2D eigenvalue weighted by Gasteiger charge is -2.32. The summed E-state index contributed by atoms with van der Waals surface area (Å²) in [5, 5.41) is 3.43. The van der Waals surface area contributed by atoms with Crippen molar-refractivity contribution in [1.82, 2.24) is 10.2 Å². The molecule has 1 N–H and O–H groups in total. The predicted octanol–water partition coefficient (Wildman–Crippen LogP) is 4.92. The van der Waals surface area contributed by atoms with Gasteiger partial charge in [0.2, 0.25) is 11.8 Å². The molecule has 2 aliphatic rings. The van der Waals surface area contributed by atoms with Gasteiger partial charge in [0.15, 0.2) is 11.5 Å². The Morgan fingerprint density at radius 1 is 1.00 bits per heavy atom. The highest BCUT2D eigenvalue weighted by molar-refractivity contribution is 7.92. The van der Waals surface area contributed by atoms with E-state index in [2.05, 4.69) is 5.32 Å². The monoisotopic (exact) mass is 629 g/mol. The van der Waals surface area contributed by atoms with Gasteiger partial charge in [-0.15, -0.1) is 0 Å². The number of fused-ring (bicyclic) bond motifs is 1. The van der Waals surface area contributed by atoms with Gasteiger partial charge in [0.1, 0.15) is 31.6 Å². The van der Waals surface area contributed by atoms with Gasteiger partial charge in [-0.1, -0.05) is 42.6 Å². The van der Waals surface area contributed by atoms with Crippen molar-refractivity contribution in [2.45, 2.75) is 56.1 Å². The van der Waals surface area contributed by atoms with Gasteiger partial charge in [-0.3, -0.25) is 13.9 Å². The molecule has 1 aliphatic carbocycles. The number of ether oxygens (including phenoxy) is 2. The standard InChI is InChI=1S/C31H33ClFN3O6S/c1-21(31(38)34-24-7-3-4-8-24)35(19-22-6-2-5-9-27(22)32)30(37)20-36(25-12-10-23(33)11-13-25)43(39,40)26-14-15-28-29(18-26)42-17-16-41-28/h2,5-6,9-15,18,21,24H,3-4,7-8,16-17,19-20H2,1H3,(H,34,38)/t21-/m0/s1. The summed E-state index contributed by atoms with van der Waals surface area (Å²) in [6.45, 7) is 1.52. The molecule has 9 nitrogen and oxygen atoms in total. The second kappa shape index (κ2) is 13.2. The molecule has 3 aromatic rings. The quantitative estimate of drug-likeness (QED) is 0.341. The summed E-state index contributed by atoms with van der Waals surface area (Å²) in [6, 6.07) is 15.0. The summed E-state index contributed by atoms with van der Waals surface area (Å²) in [5.74, 6) is -0.878. The smallest absolute Gasteiger partial charge is 0.264 e. The molecule has 1 aliphatic heterocycles. The van der Waals surface area contributed by atoms with Crippen LogP contribution in [0.5, 0.6) is 11.5 Å². The molecule has 1 atom stereocenters.